The summed E-state index contributed by atoms with van der Waals surface area (Å²) in [5.41, 5.74) is 3.23. The van der Waals surface area contributed by atoms with E-state index in [0.29, 0.717) is 19.1 Å². The third-order valence-electron chi connectivity index (χ3n) is 8.46. The van der Waals surface area contributed by atoms with E-state index in [2.05, 4.69) is 47.1 Å². The zero-order chi connectivity index (χ0) is 23.1. The molecule has 7 rings (SSSR count). The summed E-state index contributed by atoms with van der Waals surface area (Å²) in [5.74, 6) is 4.57. The number of nitrogens with one attached hydrogen (secondary N) is 1. The largest absolute Gasteiger partial charge is 0.492 e. The van der Waals surface area contributed by atoms with Crippen molar-refractivity contribution in [3.63, 3.8) is 0 Å². The summed E-state index contributed by atoms with van der Waals surface area (Å²) in [4.78, 5) is 18.2. The molecule has 0 unspecified atom stereocenters. The van der Waals surface area contributed by atoms with E-state index in [1.807, 2.05) is 18.2 Å². The molecule has 3 aromatic rings. The van der Waals surface area contributed by atoms with E-state index >= 15 is 0 Å². The van der Waals surface area contributed by atoms with Gasteiger partial charge in [0.2, 0.25) is 5.91 Å². The number of aromatic nitrogens is 2. The summed E-state index contributed by atoms with van der Waals surface area (Å²) >= 11 is 0. The van der Waals surface area contributed by atoms with Gasteiger partial charge < -0.3 is 14.6 Å². The van der Waals surface area contributed by atoms with Crippen LogP contribution in [0.4, 0.5) is 0 Å². The van der Waals surface area contributed by atoms with Crippen LogP contribution in [-0.4, -0.2) is 28.6 Å². The van der Waals surface area contributed by atoms with Gasteiger partial charge in [-0.05, 0) is 93.0 Å². The van der Waals surface area contributed by atoms with Crippen LogP contribution in [-0.2, 0) is 17.8 Å². The van der Waals surface area contributed by atoms with Gasteiger partial charge in [-0.3, -0.25) is 4.79 Å². The zero-order valence-corrected chi connectivity index (χ0v) is 20.1. The molecule has 34 heavy (non-hydrogen) atoms. The molecule has 1 amide bonds. The molecule has 0 atom stereocenters. The Bertz CT molecular complexity index is 1160. The zero-order valence-electron chi connectivity index (χ0n) is 20.1. The topological polar surface area (TPSA) is 56.1 Å². The van der Waals surface area contributed by atoms with Crippen LogP contribution in [0.2, 0.25) is 0 Å². The maximum absolute atomic E-state index is 13.3. The molecule has 178 valence electrons. The third-order valence-corrected chi connectivity index (χ3v) is 8.46. The number of hydrogen-bond donors (Lipinski definition) is 1. The number of hydrogen-bond acceptors (Lipinski definition) is 3. The number of ether oxygens (including phenoxy) is 1. The molecular formula is C29H35N3O2. The van der Waals surface area contributed by atoms with Crippen molar-refractivity contribution in [2.75, 3.05) is 13.2 Å². The first-order chi connectivity index (χ1) is 16.6. The standard InChI is InChI=1S/C29H35N3O2/c1-20-5-4-6-24(13-20)34-12-11-32-26-8-3-2-7-25(26)31-27(32)9-10-30-28(33)29-17-21-14-22(18-29)16-23(15-21)19-29/h2-8,13,21-23H,9-12,14-19H2,1H3,(H,30,33). The number of rotatable bonds is 8. The Morgan fingerprint density at radius 2 is 1.79 bits per heavy atom. The van der Waals surface area contributed by atoms with E-state index in [1.54, 1.807) is 0 Å². The summed E-state index contributed by atoms with van der Waals surface area (Å²) in [7, 11) is 0. The molecule has 0 saturated heterocycles. The fourth-order valence-corrected chi connectivity index (χ4v) is 7.39. The normalized spacial score (nSPS) is 27.3. The summed E-state index contributed by atoms with van der Waals surface area (Å²) in [6, 6.07) is 16.4. The lowest BCUT2D eigenvalue weighted by molar-refractivity contribution is -0.146. The van der Waals surface area contributed by atoms with Gasteiger partial charge >= 0.3 is 0 Å². The van der Waals surface area contributed by atoms with Crippen molar-refractivity contribution >= 4 is 16.9 Å². The third kappa shape index (κ3) is 4.10. The van der Waals surface area contributed by atoms with Crippen molar-refractivity contribution in [3.05, 3.63) is 59.9 Å². The molecule has 4 saturated carbocycles. The number of imidazole rings is 1. The van der Waals surface area contributed by atoms with Gasteiger partial charge in [-0.25, -0.2) is 4.98 Å². The van der Waals surface area contributed by atoms with Gasteiger partial charge in [-0.2, -0.15) is 0 Å². The Morgan fingerprint density at radius 3 is 2.53 bits per heavy atom. The summed E-state index contributed by atoms with van der Waals surface area (Å²) < 4.78 is 8.28. The SMILES string of the molecule is Cc1cccc(OCCn2c(CCNC(=O)C34CC5CC(CC(C5)C3)C4)nc3ccccc32)c1. The monoisotopic (exact) mass is 457 g/mol. The molecule has 4 aliphatic carbocycles. The molecule has 4 bridgehead atoms. The van der Waals surface area contributed by atoms with E-state index in [4.69, 9.17) is 9.72 Å². The lowest BCUT2D eigenvalue weighted by Crippen LogP contribution is -2.53. The molecule has 4 fully saturated rings. The first-order valence-electron chi connectivity index (χ1n) is 13.0. The lowest BCUT2D eigenvalue weighted by atomic mass is 9.49. The van der Waals surface area contributed by atoms with Gasteiger partial charge in [0.25, 0.3) is 0 Å². The molecule has 1 N–H and O–H groups in total. The van der Waals surface area contributed by atoms with Crippen LogP contribution < -0.4 is 10.1 Å². The maximum atomic E-state index is 13.3. The summed E-state index contributed by atoms with van der Waals surface area (Å²) in [6.45, 7) is 4.03. The Morgan fingerprint density at radius 1 is 1.06 bits per heavy atom. The number of aryl methyl sites for hydroxylation is 1. The first kappa shape index (κ1) is 21.7. The molecule has 1 aromatic heterocycles. The van der Waals surface area contributed by atoms with E-state index in [1.165, 1.54) is 24.8 Å². The van der Waals surface area contributed by atoms with Crippen molar-refractivity contribution in [3.8, 4) is 5.75 Å². The number of para-hydroxylation sites is 2. The number of fused-ring (bicyclic) bond motifs is 1. The van der Waals surface area contributed by atoms with Crippen LogP contribution in [0.15, 0.2) is 48.5 Å². The molecule has 0 radical (unpaired) electrons. The quantitative estimate of drug-likeness (QED) is 0.499. The van der Waals surface area contributed by atoms with Gasteiger partial charge in [0.1, 0.15) is 18.2 Å². The minimum Gasteiger partial charge on any atom is -0.492 e. The highest BCUT2D eigenvalue weighted by Gasteiger charge is 2.54. The molecule has 5 nitrogen and oxygen atoms in total. The van der Waals surface area contributed by atoms with Crippen molar-refractivity contribution in [1.82, 2.24) is 14.9 Å². The summed E-state index contributed by atoms with van der Waals surface area (Å²) in [6.07, 6.45) is 8.15. The second kappa shape index (κ2) is 8.75. The van der Waals surface area contributed by atoms with Gasteiger partial charge in [0, 0.05) is 18.4 Å². The number of amides is 1. The van der Waals surface area contributed by atoms with Crippen molar-refractivity contribution < 1.29 is 9.53 Å². The second-order valence-electron chi connectivity index (χ2n) is 11.0. The van der Waals surface area contributed by atoms with Crippen LogP contribution in [0.25, 0.3) is 11.0 Å². The van der Waals surface area contributed by atoms with Gasteiger partial charge in [-0.1, -0.05) is 24.3 Å². The van der Waals surface area contributed by atoms with Crippen molar-refractivity contribution in [2.24, 2.45) is 23.2 Å². The number of carbonyl (C=O) groups excluding carboxylic acids is 1. The predicted molar refractivity (Wildman–Crippen MR) is 134 cm³/mol. The molecule has 0 aliphatic heterocycles. The highest BCUT2D eigenvalue weighted by molar-refractivity contribution is 5.83. The Labute approximate surface area is 201 Å². The first-order valence-corrected chi connectivity index (χ1v) is 13.0. The van der Waals surface area contributed by atoms with Crippen molar-refractivity contribution in [2.45, 2.75) is 58.4 Å². The fourth-order valence-electron chi connectivity index (χ4n) is 7.39. The van der Waals surface area contributed by atoms with E-state index in [9.17, 15) is 4.79 Å². The van der Waals surface area contributed by atoms with Crippen LogP contribution in [0, 0.1) is 30.1 Å². The van der Waals surface area contributed by atoms with Gasteiger partial charge in [0.15, 0.2) is 0 Å². The average Bonchev–Trinajstić information content (AvgIpc) is 3.16. The molecule has 2 aromatic carbocycles. The molecule has 5 heteroatoms. The van der Waals surface area contributed by atoms with Crippen LogP contribution in [0.5, 0.6) is 5.75 Å². The Balaban J connectivity index is 1.11. The molecule has 1 heterocycles. The lowest BCUT2D eigenvalue weighted by Gasteiger charge is -2.55. The Kier molecular flexibility index (Phi) is 5.59. The van der Waals surface area contributed by atoms with Gasteiger partial charge in [-0.15, -0.1) is 0 Å². The number of carbonyl (C=O) groups is 1. The van der Waals surface area contributed by atoms with Crippen LogP contribution in [0.1, 0.15) is 49.9 Å². The van der Waals surface area contributed by atoms with E-state index < -0.39 is 0 Å². The molecule has 4 aliphatic rings. The van der Waals surface area contributed by atoms with Crippen molar-refractivity contribution in [1.29, 1.82) is 0 Å². The molecule has 0 spiro atoms. The minimum atomic E-state index is -0.0868. The van der Waals surface area contributed by atoms with E-state index in [-0.39, 0.29) is 5.41 Å². The molecular weight excluding hydrogens is 422 g/mol. The summed E-state index contributed by atoms with van der Waals surface area (Å²) in [5, 5.41) is 3.32. The van der Waals surface area contributed by atoms with Crippen LogP contribution >= 0.6 is 0 Å². The number of benzene rings is 2. The van der Waals surface area contributed by atoms with E-state index in [0.717, 1.165) is 72.6 Å². The highest BCUT2D eigenvalue weighted by atomic mass is 16.5. The second-order valence-corrected chi connectivity index (χ2v) is 11.0. The van der Waals surface area contributed by atoms with Crippen LogP contribution in [0.3, 0.4) is 0 Å². The van der Waals surface area contributed by atoms with Gasteiger partial charge in [0.05, 0.1) is 17.6 Å². The predicted octanol–water partition coefficient (Wildman–Crippen LogP) is 5.30. The highest BCUT2D eigenvalue weighted by Crippen LogP contribution is 2.60. The Hall–Kier alpha value is -2.82. The minimum absolute atomic E-state index is 0.0868. The fraction of sp³-hybridized carbons (Fsp3) is 0.517. The number of nitrogens with zero attached hydrogens (tertiary/aromatic N) is 2. The maximum Gasteiger partial charge on any atom is 0.226 e. The average molecular weight is 458 g/mol. The smallest absolute Gasteiger partial charge is 0.226 e.